The van der Waals surface area contributed by atoms with E-state index in [2.05, 4.69) is 0 Å². The molecule has 8 nitrogen and oxygen atoms in total. The fourth-order valence-electron chi connectivity index (χ4n) is 3.95. The van der Waals surface area contributed by atoms with Gasteiger partial charge in [-0.2, -0.15) is 0 Å². The van der Waals surface area contributed by atoms with E-state index in [-0.39, 0.29) is 24.4 Å². The van der Waals surface area contributed by atoms with Crippen LogP contribution in [0, 0.1) is 0 Å². The zero-order chi connectivity index (χ0) is 25.4. The molecule has 0 radical (unpaired) electrons. The standard InChI is InChI=1S/C26H20Cl2O8/c1-30-20-8-15-19(9-21(20)33-10-13-4-5-17(27)18(28)6-13)34-11-16(23(15)29)14-7-22(31-2)25-26(24(14)32-3)36-12-35-25/h4-9,11H,10,12H2,1-3H3. The van der Waals surface area contributed by atoms with Crippen LogP contribution >= 0.6 is 23.2 Å². The number of fused-ring (bicyclic) bond motifs is 2. The van der Waals surface area contributed by atoms with Crippen molar-refractivity contribution < 1.29 is 32.8 Å². The minimum absolute atomic E-state index is 0.0139. The van der Waals surface area contributed by atoms with Gasteiger partial charge in [-0.3, -0.25) is 4.79 Å². The molecule has 1 aromatic heterocycles. The molecule has 0 N–H and O–H groups in total. The first-order chi connectivity index (χ1) is 17.4. The SMILES string of the molecule is COc1cc2c(=O)c(-c3cc(OC)c4c(c3OC)OCO4)coc2cc1OCc1ccc(Cl)c(Cl)c1. The molecule has 0 aliphatic carbocycles. The van der Waals surface area contributed by atoms with E-state index in [0.29, 0.717) is 61.1 Å². The van der Waals surface area contributed by atoms with Gasteiger partial charge in [0.15, 0.2) is 23.0 Å². The molecule has 0 bridgehead atoms. The summed E-state index contributed by atoms with van der Waals surface area (Å²) in [5.41, 5.74) is 1.52. The molecule has 0 saturated heterocycles. The minimum Gasteiger partial charge on any atom is -0.493 e. The van der Waals surface area contributed by atoms with Crippen LogP contribution in [0.25, 0.3) is 22.1 Å². The molecule has 2 heterocycles. The summed E-state index contributed by atoms with van der Waals surface area (Å²) >= 11 is 12.1. The number of ether oxygens (including phenoxy) is 6. The van der Waals surface area contributed by atoms with Crippen molar-refractivity contribution in [1.29, 1.82) is 0 Å². The van der Waals surface area contributed by atoms with Gasteiger partial charge in [-0.1, -0.05) is 29.3 Å². The van der Waals surface area contributed by atoms with Crippen LogP contribution < -0.4 is 33.8 Å². The number of benzene rings is 3. The number of halogens is 2. The molecular formula is C26H20Cl2O8. The summed E-state index contributed by atoms with van der Waals surface area (Å²) in [6, 6.07) is 10.1. The first-order valence-corrected chi connectivity index (χ1v) is 11.5. The number of hydrogen-bond acceptors (Lipinski definition) is 8. The Morgan fingerprint density at radius 1 is 0.833 bits per heavy atom. The summed E-state index contributed by atoms with van der Waals surface area (Å²) in [5.74, 6) is 2.27. The van der Waals surface area contributed by atoms with E-state index in [9.17, 15) is 4.79 Å². The molecule has 0 spiro atoms. The summed E-state index contributed by atoms with van der Waals surface area (Å²) in [6.07, 6.45) is 1.36. The van der Waals surface area contributed by atoms with Gasteiger partial charge in [0, 0.05) is 11.6 Å². The van der Waals surface area contributed by atoms with E-state index in [1.54, 1.807) is 36.4 Å². The lowest BCUT2D eigenvalue weighted by atomic mass is 10.0. The molecule has 0 atom stereocenters. The van der Waals surface area contributed by atoms with Crippen molar-refractivity contribution >= 4 is 34.2 Å². The van der Waals surface area contributed by atoms with Crippen molar-refractivity contribution in [3.63, 3.8) is 0 Å². The predicted octanol–water partition coefficient (Wildman–Crippen LogP) is 6.10. The topological polar surface area (TPSA) is 85.6 Å². The van der Waals surface area contributed by atoms with E-state index in [0.717, 1.165) is 5.56 Å². The van der Waals surface area contributed by atoms with Gasteiger partial charge in [0.1, 0.15) is 18.5 Å². The van der Waals surface area contributed by atoms with Gasteiger partial charge >= 0.3 is 0 Å². The van der Waals surface area contributed by atoms with Gasteiger partial charge in [0.05, 0.1) is 42.3 Å². The van der Waals surface area contributed by atoms with Crippen molar-refractivity contribution in [3.05, 3.63) is 68.5 Å². The van der Waals surface area contributed by atoms with Crippen LogP contribution in [0.3, 0.4) is 0 Å². The third-order valence-electron chi connectivity index (χ3n) is 5.71. The third kappa shape index (κ3) is 4.12. The molecule has 3 aromatic carbocycles. The van der Waals surface area contributed by atoms with Gasteiger partial charge in [-0.05, 0) is 29.8 Å². The van der Waals surface area contributed by atoms with Crippen LogP contribution in [0.4, 0.5) is 0 Å². The van der Waals surface area contributed by atoms with E-state index < -0.39 is 0 Å². The number of methoxy groups -OCH3 is 3. The summed E-state index contributed by atoms with van der Waals surface area (Å²) in [4.78, 5) is 13.6. The Hall–Kier alpha value is -3.75. The van der Waals surface area contributed by atoms with Crippen molar-refractivity contribution in [1.82, 2.24) is 0 Å². The van der Waals surface area contributed by atoms with E-state index in [1.807, 2.05) is 0 Å². The molecule has 36 heavy (non-hydrogen) atoms. The average Bonchev–Trinajstić information content (AvgIpc) is 3.38. The van der Waals surface area contributed by atoms with Crippen molar-refractivity contribution in [2.75, 3.05) is 28.1 Å². The maximum Gasteiger partial charge on any atom is 0.231 e. The highest BCUT2D eigenvalue weighted by molar-refractivity contribution is 6.42. The second kappa shape index (κ2) is 9.72. The number of rotatable bonds is 7. The zero-order valence-corrected chi connectivity index (χ0v) is 21.0. The Balaban J connectivity index is 1.57. The Morgan fingerprint density at radius 2 is 1.61 bits per heavy atom. The maximum absolute atomic E-state index is 13.6. The Morgan fingerprint density at radius 3 is 2.33 bits per heavy atom. The Kier molecular flexibility index (Phi) is 6.47. The monoisotopic (exact) mass is 530 g/mol. The molecule has 10 heteroatoms. The summed E-state index contributed by atoms with van der Waals surface area (Å²) < 4.78 is 39.3. The van der Waals surface area contributed by atoms with E-state index >= 15 is 0 Å². The summed E-state index contributed by atoms with van der Waals surface area (Å²) in [5, 5.41) is 1.18. The van der Waals surface area contributed by atoms with Gasteiger partial charge in [-0.15, -0.1) is 0 Å². The molecule has 4 aromatic rings. The average molecular weight is 531 g/mol. The predicted molar refractivity (Wildman–Crippen MR) is 134 cm³/mol. The molecule has 5 rings (SSSR count). The van der Waals surface area contributed by atoms with Crippen LogP contribution in [-0.4, -0.2) is 28.1 Å². The molecular weight excluding hydrogens is 511 g/mol. The molecule has 0 saturated carbocycles. The maximum atomic E-state index is 13.6. The molecule has 1 aliphatic rings. The lowest BCUT2D eigenvalue weighted by Crippen LogP contribution is -2.07. The van der Waals surface area contributed by atoms with Crippen molar-refractivity contribution in [2.45, 2.75) is 6.61 Å². The molecule has 186 valence electrons. The highest BCUT2D eigenvalue weighted by Crippen LogP contribution is 2.52. The van der Waals surface area contributed by atoms with Crippen molar-refractivity contribution in [3.8, 4) is 45.6 Å². The Bertz CT molecular complexity index is 1530. The molecule has 0 unspecified atom stereocenters. The first-order valence-electron chi connectivity index (χ1n) is 10.7. The highest BCUT2D eigenvalue weighted by Gasteiger charge is 2.29. The quantitative estimate of drug-likeness (QED) is 0.283. The van der Waals surface area contributed by atoms with E-state index in [4.69, 9.17) is 56.0 Å². The summed E-state index contributed by atoms with van der Waals surface area (Å²) in [7, 11) is 4.47. The smallest absolute Gasteiger partial charge is 0.231 e. The lowest BCUT2D eigenvalue weighted by Gasteiger charge is -2.15. The van der Waals surface area contributed by atoms with Gasteiger partial charge in [-0.25, -0.2) is 0 Å². The van der Waals surface area contributed by atoms with Crippen LogP contribution in [-0.2, 0) is 6.61 Å². The minimum atomic E-state index is -0.301. The first kappa shape index (κ1) is 24.0. The second-order valence-corrected chi connectivity index (χ2v) is 8.55. The Labute approximate surface area is 215 Å². The largest absolute Gasteiger partial charge is 0.493 e. The van der Waals surface area contributed by atoms with Gasteiger partial charge in [0.2, 0.25) is 23.7 Å². The van der Waals surface area contributed by atoms with Crippen LogP contribution in [0.15, 0.2) is 51.9 Å². The number of hydrogen-bond donors (Lipinski definition) is 0. The fraction of sp³-hybridized carbons (Fsp3) is 0.192. The van der Waals surface area contributed by atoms with E-state index in [1.165, 1.54) is 27.6 Å². The van der Waals surface area contributed by atoms with Crippen LogP contribution in [0.5, 0.6) is 34.5 Å². The second-order valence-electron chi connectivity index (χ2n) is 7.74. The van der Waals surface area contributed by atoms with Gasteiger partial charge < -0.3 is 32.8 Å². The third-order valence-corrected chi connectivity index (χ3v) is 6.45. The van der Waals surface area contributed by atoms with Crippen LogP contribution in [0.2, 0.25) is 10.0 Å². The highest BCUT2D eigenvalue weighted by atomic mass is 35.5. The zero-order valence-electron chi connectivity index (χ0n) is 19.5. The van der Waals surface area contributed by atoms with Crippen molar-refractivity contribution in [2.24, 2.45) is 0 Å². The van der Waals surface area contributed by atoms with Gasteiger partial charge in [0.25, 0.3) is 0 Å². The summed E-state index contributed by atoms with van der Waals surface area (Å²) in [6.45, 7) is 0.218. The molecule has 0 fully saturated rings. The fourth-order valence-corrected chi connectivity index (χ4v) is 4.28. The molecule has 1 aliphatic heterocycles. The normalized spacial score (nSPS) is 12.0. The molecule has 0 amide bonds. The van der Waals surface area contributed by atoms with Crippen LogP contribution in [0.1, 0.15) is 5.56 Å². The lowest BCUT2D eigenvalue weighted by molar-refractivity contribution is 0.168.